The first-order valence-electron chi connectivity index (χ1n) is 11.1. The SMILES string of the molecule is COC(=O)c1ccc(N(Cc2cc([N+](=O)[O-])ccc2OCc2ccccc2)C(=O)OC(C)(C)C)nc1. The third-order valence-electron chi connectivity index (χ3n) is 4.88. The lowest BCUT2D eigenvalue weighted by atomic mass is 10.1. The van der Waals surface area contributed by atoms with Gasteiger partial charge in [-0.25, -0.2) is 14.6 Å². The molecule has 2 aromatic carbocycles. The largest absolute Gasteiger partial charge is 0.489 e. The zero-order valence-electron chi connectivity index (χ0n) is 20.5. The van der Waals surface area contributed by atoms with Gasteiger partial charge in [-0.05, 0) is 44.5 Å². The lowest BCUT2D eigenvalue weighted by Crippen LogP contribution is -2.37. The van der Waals surface area contributed by atoms with E-state index in [1.54, 1.807) is 20.8 Å². The fourth-order valence-corrected chi connectivity index (χ4v) is 3.19. The van der Waals surface area contributed by atoms with Gasteiger partial charge in [-0.15, -0.1) is 0 Å². The normalized spacial score (nSPS) is 10.9. The maximum Gasteiger partial charge on any atom is 0.416 e. The van der Waals surface area contributed by atoms with E-state index >= 15 is 0 Å². The molecule has 0 aliphatic rings. The summed E-state index contributed by atoms with van der Waals surface area (Å²) in [4.78, 5) is 41.3. The average molecular weight is 494 g/mol. The predicted molar refractivity (Wildman–Crippen MR) is 132 cm³/mol. The van der Waals surface area contributed by atoms with Crippen LogP contribution in [0.3, 0.4) is 0 Å². The van der Waals surface area contributed by atoms with Crippen molar-refractivity contribution >= 4 is 23.6 Å². The first-order chi connectivity index (χ1) is 17.1. The molecule has 10 heteroatoms. The highest BCUT2D eigenvalue weighted by molar-refractivity contribution is 5.90. The smallest absolute Gasteiger partial charge is 0.416 e. The second-order valence-corrected chi connectivity index (χ2v) is 8.79. The molecule has 188 valence electrons. The van der Waals surface area contributed by atoms with Crippen LogP contribution in [0.1, 0.15) is 42.3 Å². The van der Waals surface area contributed by atoms with E-state index in [0.717, 1.165) is 5.56 Å². The number of rotatable bonds is 8. The minimum absolute atomic E-state index is 0.134. The molecule has 1 aromatic heterocycles. The van der Waals surface area contributed by atoms with Crippen molar-refractivity contribution < 1.29 is 28.7 Å². The molecule has 0 atom stereocenters. The van der Waals surface area contributed by atoms with Crippen molar-refractivity contribution in [2.45, 2.75) is 39.5 Å². The van der Waals surface area contributed by atoms with Crippen molar-refractivity contribution in [3.05, 3.63) is 93.7 Å². The van der Waals surface area contributed by atoms with E-state index in [0.29, 0.717) is 11.3 Å². The molecule has 3 rings (SSSR count). The number of nitrogens with zero attached hydrogens (tertiary/aromatic N) is 3. The molecule has 0 spiro atoms. The standard InChI is InChI=1S/C26H27N3O7/c1-26(2,3)36-25(31)28(23-13-10-19(15-27-23)24(30)34-4)16-20-14-21(29(32)33)11-12-22(20)35-17-18-8-6-5-7-9-18/h5-15H,16-17H2,1-4H3. The first kappa shape index (κ1) is 26.1. The molecule has 36 heavy (non-hydrogen) atoms. The summed E-state index contributed by atoms with van der Waals surface area (Å²) in [6, 6.07) is 16.5. The Bertz CT molecular complexity index is 1220. The van der Waals surface area contributed by atoms with Crippen molar-refractivity contribution in [1.82, 2.24) is 4.98 Å². The van der Waals surface area contributed by atoms with E-state index in [4.69, 9.17) is 14.2 Å². The minimum atomic E-state index is -0.809. The summed E-state index contributed by atoms with van der Waals surface area (Å²) in [5.41, 5.74) is 0.523. The van der Waals surface area contributed by atoms with E-state index < -0.39 is 22.6 Å². The van der Waals surface area contributed by atoms with Crippen LogP contribution in [0.5, 0.6) is 5.75 Å². The molecule has 0 N–H and O–H groups in total. The van der Waals surface area contributed by atoms with Gasteiger partial charge in [0.05, 0.1) is 24.1 Å². The number of carbonyl (C=O) groups excluding carboxylic acids is 2. The Labute approximate surface area is 208 Å². The number of carbonyl (C=O) groups is 2. The molecular weight excluding hydrogens is 466 g/mol. The van der Waals surface area contributed by atoms with Gasteiger partial charge in [0.1, 0.15) is 23.8 Å². The number of nitro groups is 1. The van der Waals surface area contributed by atoms with Crippen LogP contribution in [0.4, 0.5) is 16.3 Å². The second kappa shape index (κ2) is 11.3. The quantitative estimate of drug-likeness (QED) is 0.235. The highest BCUT2D eigenvalue weighted by Crippen LogP contribution is 2.29. The van der Waals surface area contributed by atoms with Crippen molar-refractivity contribution in [2.75, 3.05) is 12.0 Å². The Morgan fingerprint density at radius 3 is 2.36 bits per heavy atom. The Morgan fingerprint density at radius 1 is 1.06 bits per heavy atom. The minimum Gasteiger partial charge on any atom is -0.489 e. The molecule has 0 aliphatic carbocycles. The first-order valence-corrected chi connectivity index (χ1v) is 11.1. The summed E-state index contributed by atoms with van der Waals surface area (Å²) in [5.74, 6) is -0.0326. The molecule has 1 heterocycles. The summed E-state index contributed by atoms with van der Waals surface area (Å²) >= 11 is 0. The number of anilines is 1. The van der Waals surface area contributed by atoms with E-state index in [1.807, 2.05) is 30.3 Å². The number of pyridine rings is 1. The third kappa shape index (κ3) is 7.02. The molecule has 0 radical (unpaired) electrons. The van der Waals surface area contributed by atoms with Crippen LogP contribution < -0.4 is 9.64 Å². The topological polar surface area (TPSA) is 121 Å². The van der Waals surface area contributed by atoms with Crippen molar-refractivity contribution in [1.29, 1.82) is 0 Å². The maximum atomic E-state index is 13.1. The molecule has 3 aromatic rings. The van der Waals surface area contributed by atoms with Crippen LogP contribution in [0.15, 0.2) is 66.9 Å². The Hall–Kier alpha value is -4.47. The average Bonchev–Trinajstić information content (AvgIpc) is 2.85. The fraction of sp³-hybridized carbons (Fsp3) is 0.269. The molecular formula is C26H27N3O7. The van der Waals surface area contributed by atoms with Crippen molar-refractivity contribution in [3.63, 3.8) is 0 Å². The number of amides is 1. The highest BCUT2D eigenvalue weighted by atomic mass is 16.6. The summed E-state index contributed by atoms with van der Waals surface area (Å²) < 4.78 is 16.2. The van der Waals surface area contributed by atoms with Crippen LogP contribution >= 0.6 is 0 Å². The fourth-order valence-electron chi connectivity index (χ4n) is 3.19. The molecule has 0 aliphatic heterocycles. The summed E-state index contributed by atoms with van der Waals surface area (Å²) in [5, 5.41) is 11.5. The Kier molecular flexibility index (Phi) is 8.21. The molecule has 0 bridgehead atoms. The second-order valence-electron chi connectivity index (χ2n) is 8.79. The zero-order chi connectivity index (χ0) is 26.3. The maximum absolute atomic E-state index is 13.1. The third-order valence-corrected chi connectivity index (χ3v) is 4.88. The van der Waals surface area contributed by atoms with Crippen LogP contribution in [-0.4, -0.2) is 34.7 Å². The molecule has 10 nitrogen and oxygen atoms in total. The predicted octanol–water partition coefficient (Wildman–Crippen LogP) is 5.30. The number of esters is 1. The lowest BCUT2D eigenvalue weighted by Gasteiger charge is -2.27. The van der Waals surface area contributed by atoms with Crippen molar-refractivity contribution in [2.24, 2.45) is 0 Å². The number of ether oxygens (including phenoxy) is 3. The van der Waals surface area contributed by atoms with Gasteiger partial charge in [0.15, 0.2) is 0 Å². The number of hydrogen-bond acceptors (Lipinski definition) is 8. The number of aromatic nitrogens is 1. The number of hydrogen-bond donors (Lipinski definition) is 0. The molecule has 1 amide bonds. The highest BCUT2D eigenvalue weighted by Gasteiger charge is 2.27. The molecule has 0 saturated carbocycles. The lowest BCUT2D eigenvalue weighted by molar-refractivity contribution is -0.384. The van der Waals surface area contributed by atoms with Crippen LogP contribution in [0, 0.1) is 10.1 Å². The van der Waals surface area contributed by atoms with Gasteiger partial charge in [-0.3, -0.25) is 15.0 Å². The van der Waals surface area contributed by atoms with Gasteiger partial charge >= 0.3 is 12.1 Å². The summed E-state index contributed by atoms with van der Waals surface area (Å²) in [6.45, 7) is 5.26. The zero-order valence-corrected chi connectivity index (χ0v) is 20.5. The van der Waals surface area contributed by atoms with Gasteiger partial charge in [-0.2, -0.15) is 0 Å². The van der Waals surface area contributed by atoms with Gasteiger partial charge in [0.2, 0.25) is 0 Å². The van der Waals surface area contributed by atoms with E-state index in [1.165, 1.54) is 48.5 Å². The molecule has 0 unspecified atom stereocenters. The van der Waals surface area contributed by atoms with Crippen molar-refractivity contribution in [3.8, 4) is 5.75 Å². The van der Waals surface area contributed by atoms with Crippen LogP contribution in [-0.2, 0) is 22.6 Å². The molecule has 0 fully saturated rings. The van der Waals surface area contributed by atoms with Gasteiger partial charge < -0.3 is 14.2 Å². The number of non-ortho nitro benzene ring substituents is 1. The van der Waals surface area contributed by atoms with Crippen LogP contribution in [0.2, 0.25) is 0 Å². The summed E-state index contributed by atoms with van der Waals surface area (Å²) in [6.07, 6.45) is 0.556. The number of methoxy groups -OCH3 is 1. The van der Waals surface area contributed by atoms with Gasteiger partial charge in [-0.1, -0.05) is 30.3 Å². The van der Waals surface area contributed by atoms with Crippen LogP contribution in [0.25, 0.3) is 0 Å². The Balaban J connectivity index is 1.98. The monoisotopic (exact) mass is 493 g/mol. The van der Waals surface area contributed by atoms with E-state index in [2.05, 4.69) is 4.98 Å². The van der Waals surface area contributed by atoms with E-state index in [-0.39, 0.29) is 30.2 Å². The molecule has 0 saturated heterocycles. The number of benzene rings is 2. The van der Waals surface area contributed by atoms with Gasteiger partial charge in [0, 0.05) is 23.9 Å². The Morgan fingerprint density at radius 2 is 1.78 bits per heavy atom. The summed E-state index contributed by atoms with van der Waals surface area (Å²) in [7, 11) is 1.25. The van der Waals surface area contributed by atoms with Gasteiger partial charge in [0.25, 0.3) is 5.69 Å². The number of nitro benzene ring substituents is 1. The van der Waals surface area contributed by atoms with E-state index in [9.17, 15) is 19.7 Å².